The number of hydrogen-bond donors (Lipinski definition) is 4. The van der Waals surface area contributed by atoms with E-state index < -0.39 is 34.8 Å². The van der Waals surface area contributed by atoms with Gasteiger partial charge in [0.15, 0.2) is 5.60 Å². The molecule has 9 nitrogen and oxygen atoms in total. The predicted molar refractivity (Wildman–Crippen MR) is 147 cm³/mol. The molecule has 0 bridgehead atoms. The van der Waals surface area contributed by atoms with E-state index in [2.05, 4.69) is 6.92 Å². The summed E-state index contributed by atoms with van der Waals surface area (Å²) in [6.45, 7) is 10.3. The van der Waals surface area contributed by atoms with Gasteiger partial charge in [0.1, 0.15) is 5.41 Å². The largest absolute Gasteiger partial charge is 0.481 e. The van der Waals surface area contributed by atoms with E-state index in [0.29, 0.717) is 6.42 Å². The Kier molecular flexibility index (Phi) is 20.8. The summed E-state index contributed by atoms with van der Waals surface area (Å²) in [5.74, 6) is -6.60. The Balaban J connectivity index is 0. The Hall–Kier alpha value is -2.16. The maximum atomic E-state index is 11.5. The third-order valence-electron chi connectivity index (χ3n) is 7.23. The summed E-state index contributed by atoms with van der Waals surface area (Å²) in [6, 6.07) is 0. The smallest absolute Gasteiger partial charge is 0.337 e. The maximum absolute atomic E-state index is 11.5. The molecule has 0 saturated carbocycles. The number of carbonyl (C=O) groups is 4. The molecular formula is C29H54O9. The number of unbranched alkanes of at least 4 members (excludes halogenated alkanes) is 10. The second-order valence-corrected chi connectivity index (χ2v) is 10.3. The van der Waals surface area contributed by atoms with Crippen molar-refractivity contribution in [1.82, 2.24) is 0 Å². The minimum atomic E-state index is -2.86. The minimum absolute atomic E-state index is 0.0280. The van der Waals surface area contributed by atoms with E-state index in [0.717, 1.165) is 6.42 Å². The standard InChI is InChI=1S/C17H34O2.C12H20O7/c1-4-5-6-7-8-9-10-11-12-13-14-15-17(18)19-16(2)3;1-4-7(8(13)14)12(19,10(17)18)11(5-2,6-3)9(15)16/h16H,4-15H2,1-3H3;7,19H,4-6H2,1-3H3,(H,13,14)(H,15,16)(H,17,18). The molecule has 224 valence electrons. The summed E-state index contributed by atoms with van der Waals surface area (Å²) >= 11 is 0. The Morgan fingerprint density at radius 3 is 1.39 bits per heavy atom. The van der Waals surface area contributed by atoms with E-state index in [9.17, 15) is 34.5 Å². The van der Waals surface area contributed by atoms with Gasteiger partial charge in [0.2, 0.25) is 0 Å². The zero-order valence-corrected chi connectivity index (χ0v) is 24.6. The SMILES string of the molecule is CCC(C(=O)O)C(O)(C(=O)O)C(CC)(CC)C(=O)O.CCCCCCCCCCCCCC(=O)OC(C)C. The molecule has 0 aromatic rings. The molecule has 0 aromatic heterocycles. The third-order valence-corrected chi connectivity index (χ3v) is 7.23. The quantitative estimate of drug-likeness (QED) is 0.0938. The Morgan fingerprint density at radius 2 is 1.11 bits per heavy atom. The van der Waals surface area contributed by atoms with Gasteiger partial charge in [-0.05, 0) is 39.5 Å². The average molecular weight is 547 g/mol. The number of aliphatic hydroxyl groups is 1. The Bertz CT molecular complexity index is 686. The first kappa shape index (κ1) is 38.0. The lowest BCUT2D eigenvalue weighted by Crippen LogP contribution is -2.63. The molecule has 0 amide bonds. The predicted octanol–water partition coefficient (Wildman–Crippen LogP) is 6.44. The van der Waals surface area contributed by atoms with E-state index in [4.69, 9.17) is 9.84 Å². The van der Waals surface area contributed by atoms with Crippen molar-refractivity contribution >= 4 is 23.9 Å². The number of esters is 1. The number of ether oxygens (including phenoxy) is 1. The van der Waals surface area contributed by atoms with Crippen LogP contribution in [0.1, 0.15) is 138 Å². The fraction of sp³-hybridized carbons (Fsp3) is 0.862. The van der Waals surface area contributed by atoms with Gasteiger partial charge >= 0.3 is 23.9 Å². The molecule has 4 N–H and O–H groups in total. The van der Waals surface area contributed by atoms with Crippen molar-refractivity contribution < 1.29 is 44.3 Å². The van der Waals surface area contributed by atoms with Crippen molar-refractivity contribution in [2.45, 2.75) is 150 Å². The van der Waals surface area contributed by atoms with Crippen LogP contribution >= 0.6 is 0 Å². The molecule has 0 saturated heterocycles. The minimum Gasteiger partial charge on any atom is -0.481 e. The zero-order valence-electron chi connectivity index (χ0n) is 24.6. The van der Waals surface area contributed by atoms with E-state index in [1.807, 2.05) is 13.8 Å². The molecule has 0 heterocycles. The van der Waals surface area contributed by atoms with Crippen LogP contribution in [0.25, 0.3) is 0 Å². The lowest BCUT2D eigenvalue weighted by molar-refractivity contribution is -0.205. The van der Waals surface area contributed by atoms with E-state index in [1.165, 1.54) is 85.0 Å². The topological polar surface area (TPSA) is 158 Å². The number of carbonyl (C=O) groups excluding carboxylic acids is 1. The van der Waals surface area contributed by atoms with Crippen LogP contribution in [0.2, 0.25) is 0 Å². The lowest BCUT2D eigenvalue weighted by Gasteiger charge is -2.43. The number of hydrogen-bond acceptors (Lipinski definition) is 6. The summed E-state index contributed by atoms with van der Waals surface area (Å²) in [4.78, 5) is 45.3. The number of carboxylic acid groups (broad SMARTS) is 3. The average Bonchev–Trinajstić information content (AvgIpc) is 2.83. The first-order valence-electron chi connectivity index (χ1n) is 14.4. The van der Waals surface area contributed by atoms with Gasteiger partial charge in [-0.15, -0.1) is 0 Å². The fourth-order valence-electron chi connectivity index (χ4n) is 4.85. The van der Waals surface area contributed by atoms with Crippen LogP contribution in [0.15, 0.2) is 0 Å². The highest BCUT2D eigenvalue weighted by molar-refractivity contribution is 5.93. The van der Waals surface area contributed by atoms with Crippen LogP contribution in [0.4, 0.5) is 0 Å². The number of aliphatic carboxylic acids is 3. The van der Waals surface area contributed by atoms with Crippen LogP contribution in [-0.2, 0) is 23.9 Å². The fourth-order valence-corrected chi connectivity index (χ4v) is 4.85. The molecule has 2 unspecified atom stereocenters. The maximum Gasteiger partial charge on any atom is 0.337 e. The molecule has 0 fully saturated rings. The highest BCUT2D eigenvalue weighted by atomic mass is 16.5. The van der Waals surface area contributed by atoms with E-state index >= 15 is 0 Å². The Morgan fingerprint density at radius 1 is 0.684 bits per heavy atom. The van der Waals surface area contributed by atoms with Crippen LogP contribution in [0.5, 0.6) is 0 Å². The van der Waals surface area contributed by atoms with Crippen molar-refractivity contribution in [3.8, 4) is 0 Å². The molecule has 38 heavy (non-hydrogen) atoms. The second-order valence-electron chi connectivity index (χ2n) is 10.3. The van der Waals surface area contributed by atoms with E-state index in [1.54, 1.807) is 0 Å². The van der Waals surface area contributed by atoms with Gasteiger partial charge in [-0.3, -0.25) is 14.4 Å². The third kappa shape index (κ3) is 12.6. The van der Waals surface area contributed by atoms with Gasteiger partial charge in [0.25, 0.3) is 0 Å². The van der Waals surface area contributed by atoms with Gasteiger partial charge < -0.3 is 25.2 Å². The molecule has 0 radical (unpaired) electrons. The summed E-state index contributed by atoms with van der Waals surface area (Å²) in [7, 11) is 0. The zero-order chi connectivity index (χ0) is 29.8. The number of carboxylic acids is 3. The van der Waals surface area contributed by atoms with Crippen LogP contribution in [0, 0.1) is 11.3 Å². The van der Waals surface area contributed by atoms with Crippen molar-refractivity contribution in [2.24, 2.45) is 11.3 Å². The summed E-state index contributed by atoms with van der Waals surface area (Å²) in [5, 5.41) is 38.1. The Labute approximate surface area is 229 Å². The highest BCUT2D eigenvalue weighted by Gasteiger charge is 2.64. The van der Waals surface area contributed by atoms with Crippen LogP contribution < -0.4 is 0 Å². The van der Waals surface area contributed by atoms with Crippen LogP contribution in [-0.4, -0.2) is 56.0 Å². The molecule has 0 aromatic carbocycles. The van der Waals surface area contributed by atoms with Crippen molar-refractivity contribution in [3.63, 3.8) is 0 Å². The summed E-state index contributed by atoms with van der Waals surface area (Å²) < 4.78 is 5.10. The normalized spacial score (nSPS) is 13.7. The highest BCUT2D eigenvalue weighted by Crippen LogP contribution is 2.45. The van der Waals surface area contributed by atoms with E-state index in [-0.39, 0.29) is 31.3 Å². The lowest BCUT2D eigenvalue weighted by atomic mass is 9.61. The van der Waals surface area contributed by atoms with Gasteiger partial charge in [0, 0.05) is 6.42 Å². The molecule has 0 spiro atoms. The molecule has 0 aliphatic heterocycles. The first-order valence-corrected chi connectivity index (χ1v) is 14.4. The summed E-state index contributed by atoms with van der Waals surface area (Å²) in [5.41, 5.74) is -4.90. The molecule has 0 aliphatic rings. The number of rotatable bonds is 21. The van der Waals surface area contributed by atoms with Gasteiger partial charge in [-0.1, -0.05) is 91.9 Å². The molecule has 2 atom stereocenters. The molecule has 9 heteroatoms. The summed E-state index contributed by atoms with van der Waals surface area (Å²) in [6.07, 6.45) is 14.5. The molecular weight excluding hydrogens is 492 g/mol. The van der Waals surface area contributed by atoms with Gasteiger partial charge in [-0.25, -0.2) is 4.79 Å². The van der Waals surface area contributed by atoms with Crippen molar-refractivity contribution in [1.29, 1.82) is 0 Å². The van der Waals surface area contributed by atoms with Crippen molar-refractivity contribution in [3.05, 3.63) is 0 Å². The second kappa shape index (κ2) is 20.8. The molecule has 0 aliphatic carbocycles. The van der Waals surface area contributed by atoms with Gasteiger partial charge in [-0.2, -0.15) is 0 Å². The monoisotopic (exact) mass is 546 g/mol. The first-order chi connectivity index (χ1) is 17.8. The van der Waals surface area contributed by atoms with Crippen LogP contribution in [0.3, 0.4) is 0 Å². The molecule has 0 rings (SSSR count). The van der Waals surface area contributed by atoms with Crippen molar-refractivity contribution in [2.75, 3.05) is 0 Å². The van der Waals surface area contributed by atoms with Gasteiger partial charge in [0.05, 0.1) is 12.0 Å².